The monoisotopic (exact) mass is 323 g/mol. The lowest BCUT2D eigenvalue weighted by Crippen LogP contribution is -2.00. The highest BCUT2D eigenvalue weighted by Gasteiger charge is 2.11. The first-order chi connectivity index (χ1) is 9.33. The smallest absolute Gasteiger partial charge is 0.163 e. The third kappa shape index (κ3) is 2.87. The summed E-state index contributed by atoms with van der Waals surface area (Å²) in [7, 11) is 0. The molecule has 0 bridgehead atoms. The van der Waals surface area contributed by atoms with Crippen LogP contribution in [0.1, 0.15) is 12.2 Å². The van der Waals surface area contributed by atoms with E-state index in [2.05, 4.69) is 21.2 Å². The van der Waals surface area contributed by atoms with Crippen LogP contribution in [0.25, 0.3) is 0 Å². The topological polar surface area (TPSA) is 43.6 Å². The van der Waals surface area contributed by atoms with E-state index in [9.17, 15) is 0 Å². The molecular weight excluding hydrogens is 310 g/mol. The first-order valence-electron chi connectivity index (χ1n) is 6.18. The van der Waals surface area contributed by atoms with E-state index < -0.39 is 0 Å². The van der Waals surface area contributed by atoms with Crippen LogP contribution in [0.4, 0.5) is 5.69 Å². The van der Waals surface area contributed by atoms with Crippen LogP contribution < -0.4 is 14.8 Å². The third-order valence-corrected chi connectivity index (χ3v) is 3.60. The molecule has 0 amide bonds. The molecule has 1 aromatic carbocycles. The van der Waals surface area contributed by atoms with Crippen LogP contribution in [-0.2, 0) is 6.54 Å². The Morgan fingerprint density at radius 3 is 2.74 bits per heavy atom. The molecule has 0 fully saturated rings. The Morgan fingerprint density at radius 2 is 1.95 bits per heavy atom. The summed E-state index contributed by atoms with van der Waals surface area (Å²) < 4.78 is 17.6. The zero-order valence-electron chi connectivity index (χ0n) is 10.3. The van der Waals surface area contributed by atoms with E-state index >= 15 is 0 Å². The summed E-state index contributed by atoms with van der Waals surface area (Å²) in [5.41, 5.74) is 0.979. The number of ether oxygens (including phenoxy) is 2. The van der Waals surface area contributed by atoms with Gasteiger partial charge in [-0.1, -0.05) is 0 Å². The number of hydrogen-bond donors (Lipinski definition) is 1. The molecule has 0 aliphatic carbocycles. The van der Waals surface area contributed by atoms with E-state index in [1.807, 2.05) is 24.3 Å². The normalized spacial score (nSPS) is 13.9. The van der Waals surface area contributed by atoms with Crippen molar-refractivity contribution in [2.75, 3.05) is 18.5 Å². The Labute approximate surface area is 119 Å². The summed E-state index contributed by atoms with van der Waals surface area (Å²) in [6, 6.07) is 7.74. The van der Waals surface area contributed by atoms with Crippen molar-refractivity contribution in [2.45, 2.75) is 13.0 Å². The minimum Gasteiger partial charge on any atom is -0.490 e. The van der Waals surface area contributed by atoms with Gasteiger partial charge in [0.15, 0.2) is 11.5 Å². The molecular formula is C14H14BrNO3. The SMILES string of the molecule is Brc1ccoc1CNc1ccc2c(c1)OCCCO2. The van der Waals surface area contributed by atoms with Crippen LogP contribution in [0.5, 0.6) is 11.5 Å². The molecule has 2 aromatic rings. The molecule has 1 N–H and O–H groups in total. The molecule has 1 aliphatic rings. The fraction of sp³-hybridized carbons (Fsp3) is 0.286. The number of halogens is 1. The molecule has 5 heteroatoms. The van der Waals surface area contributed by atoms with E-state index in [1.165, 1.54) is 0 Å². The van der Waals surface area contributed by atoms with Gasteiger partial charge in [0.1, 0.15) is 5.76 Å². The van der Waals surface area contributed by atoms with Crippen molar-refractivity contribution in [3.8, 4) is 11.5 Å². The van der Waals surface area contributed by atoms with Crippen molar-refractivity contribution in [1.82, 2.24) is 0 Å². The summed E-state index contributed by atoms with van der Waals surface area (Å²) in [4.78, 5) is 0. The molecule has 0 unspecified atom stereocenters. The summed E-state index contributed by atoms with van der Waals surface area (Å²) in [6.07, 6.45) is 2.58. The lowest BCUT2D eigenvalue weighted by Gasteiger charge is -2.10. The number of benzene rings is 1. The standard InChI is InChI=1S/C14H14BrNO3/c15-11-4-7-19-14(11)9-16-10-2-3-12-13(8-10)18-6-1-5-17-12/h2-4,7-8,16H,1,5-6,9H2. The summed E-state index contributed by atoms with van der Waals surface area (Å²) in [5, 5.41) is 3.30. The molecule has 0 saturated heterocycles. The van der Waals surface area contributed by atoms with Crippen molar-refractivity contribution < 1.29 is 13.9 Å². The van der Waals surface area contributed by atoms with E-state index in [1.54, 1.807) is 6.26 Å². The number of furan rings is 1. The zero-order chi connectivity index (χ0) is 13.1. The van der Waals surface area contributed by atoms with Crippen LogP contribution >= 0.6 is 15.9 Å². The Morgan fingerprint density at radius 1 is 1.11 bits per heavy atom. The second-order valence-electron chi connectivity index (χ2n) is 4.26. The van der Waals surface area contributed by atoms with E-state index in [-0.39, 0.29) is 0 Å². The van der Waals surface area contributed by atoms with Crippen LogP contribution in [0.2, 0.25) is 0 Å². The van der Waals surface area contributed by atoms with Crippen molar-refractivity contribution in [3.63, 3.8) is 0 Å². The fourth-order valence-corrected chi connectivity index (χ4v) is 2.25. The Hall–Kier alpha value is -1.62. The average Bonchev–Trinajstić information content (AvgIpc) is 2.70. The number of rotatable bonds is 3. The van der Waals surface area contributed by atoms with Gasteiger partial charge in [-0.3, -0.25) is 0 Å². The lowest BCUT2D eigenvalue weighted by atomic mass is 10.2. The largest absolute Gasteiger partial charge is 0.490 e. The molecule has 19 heavy (non-hydrogen) atoms. The van der Waals surface area contributed by atoms with Gasteiger partial charge in [-0.05, 0) is 34.1 Å². The molecule has 100 valence electrons. The van der Waals surface area contributed by atoms with Crippen LogP contribution in [0, 0.1) is 0 Å². The van der Waals surface area contributed by atoms with Gasteiger partial charge in [-0.2, -0.15) is 0 Å². The maximum Gasteiger partial charge on any atom is 0.163 e. The van der Waals surface area contributed by atoms with Crippen molar-refractivity contribution in [3.05, 3.63) is 40.8 Å². The quantitative estimate of drug-likeness (QED) is 0.932. The van der Waals surface area contributed by atoms with Gasteiger partial charge in [0.25, 0.3) is 0 Å². The number of fused-ring (bicyclic) bond motifs is 1. The third-order valence-electron chi connectivity index (χ3n) is 2.89. The number of nitrogens with one attached hydrogen (secondary N) is 1. The van der Waals surface area contributed by atoms with Gasteiger partial charge in [0, 0.05) is 18.2 Å². The summed E-state index contributed by atoms with van der Waals surface area (Å²) in [5.74, 6) is 2.47. The van der Waals surface area contributed by atoms with Crippen molar-refractivity contribution in [2.24, 2.45) is 0 Å². The molecule has 0 saturated carbocycles. The van der Waals surface area contributed by atoms with Gasteiger partial charge in [-0.15, -0.1) is 0 Å². The molecule has 2 heterocycles. The highest BCUT2D eigenvalue weighted by molar-refractivity contribution is 9.10. The summed E-state index contributed by atoms with van der Waals surface area (Å²) >= 11 is 3.43. The van der Waals surface area contributed by atoms with E-state index in [0.717, 1.165) is 33.8 Å². The fourth-order valence-electron chi connectivity index (χ4n) is 1.91. The molecule has 0 spiro atoms. The van der Waals surface area contributed by atoms with Gasteiger partial charge in [0.2, 0.25) is 0 Å². The molecule has 1 aliphatic heterocycles. The average molecular weight is 324 g/mol. The predicted molar refractivity (Wildman–Crippen MR) is 75.8 cm³/mol. The second kappa shape index (κ2) is 5.57. The molecule has 1 aromatic heterocycles. The first-order valence-corrected chi connectivity index (χ1v) is 6.97. The minimum atomic E-state index is 0.618. The maximum absolute atomic E-state index is 5.65. The van der Waals surface area contributed by atoms with Gasteiger partial charge in [-0.25, -0.2) is 0 Å². The van der Waals surface area contributed by atoms with Crippen molar-refractivity contribution in [1.29, 1.82) is 0 Å². The van der Waals surface area contributed by atoms with E-state index in [0.29, 0.717) is 19.8 Å². The Kier molecular flexibility index (Phi) is 3.64. The predicted octanol–water partition coefficient (Wildman–Crippen LogP) is 3.82. The van der Waals surface area contributed by atoms with Crippen LogP contribution in [-0.4, -0.2) is 13.2 Å². The maximum atomic E-state index is 5.65. The van der Waals surface area contributed by atoms with Gasteiger partial charge >= 0.3 is 0 Å². The van der Waals surface area contributed by atoms with E-state index in [4.69, 9.17) is 13.9 Å². The highest BCUT2D eigenvalue weighted by Crippen LogP contribution is 2.32. The van der Waals surface area contributed by atoms with Gasteiger partial charge < -0.3 is 19.2 Å². The Bertz CT molecular complexity index is 568. The molecule has 0 atom stereocenters. The minimum absolute atomic E-state index is 0.618. The molecule has 4 nitrogen and oxygen atoms in total. The molecule has 3 rings (SSSR count). The van der Waals surface area contributed by atoms with Crippen LogP contribution in [0.15, 0.2) is 39.4 Å². The zero-order valence-corrected chi connectivity index (χ0v) is 11.9. The first kappa shape index (κ1) is 12.4. The lowest BCUT2D eigenvalue weighted by molar-refractivity contribution is 0.297. The number of anilines is 1. The highest BCUT2D eigenvalue weighted by atomic mass is 79.9. The molecule has 0 radical (unpaired) electrons. The van der Waals surface area contributed by atoms with Crippen molar-refractivity contribution >= 4 is 21.6 Å². The second-order valence-corrected chi connectivity index (χ2v) is 5.11. The summed E-state index contributed by atoms with van der Waals surface area (Å²) in [6.45, 7) is 2.02. The van der Waals surface area contributed by atoms with Crippen LogP contribution in [0.3, 0.4) is 0 Å². The Balaban J connectivity index is 1.72. The number of hydrogen-bond acceptors (Lipinski definition) is 4. The van der Waals surface area contributed by atoms with Gasteiger partial charge in [0.05, 0.1) is 30.5 Å².